The Morgan fingerprint density at radius 3 is 1.35 bits per heavy atom. The summed E-state index contributed by atoms with van der Waals surface area (Å²) in [5.41, 5.74) is 0. The van der Waals surface area contributed by atoms with Crippen LogP contribution in [0.15, 0.2) is 0 Å². The van der Waals surface area contributed by atoms with Gasteiger partial charge in [0.2, 0.25) is 0 Å². The molecule has 1 radical (unpaired) electrons. The minimum Gasteiger partial charge on any atom is -0.462 e. The Bertz CT molecular complexity index is 408. The predicted molar refractivity (Wildman–Crippen MR) is 130 cm³/mol. The van der Waals surface area contributed by atoms with Crippen LogP contribution in [0.4, 0.5) is 0 Å². The van der Waals surface area contributed by atoms with Gasteiger partial charge in [-0.05, 0) is 19.8 Å². The third kappa shape index (κ3) is 23.4. The van der Waals surface area contributed by atoms with Crippen molar-refractivity contribution in [3.8, 4) is 0 Å². The van der Waals surface area contributed by atoms with Gasteiger partial charge in [0.25, 0.3) is 0 Å². The van der Waals surface area contributed by atoms with Gasteiger partial charge >= 0.3 is 11.9 Å². The van der Waals surface area contributed by atoms with E-state index in [9.17, 15) is 9.59 Å². The van der Waals surface area contributed by atoms with Crippen molar-refractivity contribution in [3.05, 3.63) is 6.92 Å². The molecule has 0 heterocycles. The average Bonchev–Trinajstić information content (AvgIpc) is 2.75. The lowest BCUT2D eigenvalue weighted by molar-refractivity contribution is -0.156. The lowest BCUT2D eigenvalue weighted by atomic mass is 10.1. The summed E-state index contributed by atoms with van der Waals surface area (Å²) in [4.78, 5) is 23.7. The molecular formula is C27H51O4. The van der Waals surface area contributed by atoms with Gasteiger partial charge < -0.3 is 9.47 Å². The topological polar surface area (TPSA) is 52.6 Å². The van der Waals surface area contributed by atoms with E-state index in [2.05, 4.69) is 20.8 Å². The van der Waals surface area contributed by atoms with Crippen molar-refractivity contribution in [1.29, 1.82) is 0 Å². The summed E-state index contributed by atoms with van der Waals surface area (Å²) >= 11 is 0. The Balaban J connectivity index is 3.46. The summed E-state index contributed by atoms with van der Waals surface area (Å²) in [6.07, 6.45) is 22.2. The zero-order valence-corrected chi connectivity index (χ0v) is 20.8. The Labute approximate surface area is 193 Å². The minimum absolute atomic E-state index is 0.0553. The summed E-state index contributed by atoms with van der Waals surface area (Å²) in [7, 11) is 0. The first kappa shape index (κ1) is 29.9. The van der Waals surface area contributed by atoms with Crippen LogP contribution in [-0.2, 0) is 19.1 Å². The lowest BCUT2D eigenvalue weighted by Gasteiger charge is -2.13. The van der Waals surface area contributed by atoms with Crippen LogP contribution in [-0.4, -0.2) is 24.6 Å². The highest BCUT2D eigenvalue weighted by atomic mass is 16.6. The highest BCUT2D eigenvalue weighted by Crippen LogP contribution is 2.12. The van der Waals surface area contributed by atoms with E-state index in [0.29, 0.717) is 12.8 Å². The summed E-state index contributed by atoms with van der Waals surface area (Å²) in [5, 5.41) is 0. The van der Waals surface area contributed by atoms with Gasteiger partial charge in [0, 0.05) is 12.8 Å². The highest BCUT2D eigenvalue weighted by molar-refractivity contribution is 5.70. The van der Waals surface area contributed by atoms with Gasteiger partial charge in [-0.1, -0.05) is 117 Å². The molecule has 1 unspecified atom stereocenters. The first-order chi connectivity index (χ1) is 15.1. The van der Waals surface area contributed by atoms with Crippen molar-refractivity contribution in [3.63, 3.8) is 0 Å². The molecule has 0 amide bonds. The molecule has 0 saturated carbocycles. The summed E-state index contributed by atoms with van der Waals surface area (Å²) in [6, 6.07) is 0. The fourth-order valence-electron chi connectivity index (χ4n) is 3.70. The van der Waals surface area contributed by atoms with Crippen LogP contribution in [0, 0.1) is 6.92 Å². The maximum atomic E-state index is 11.9. The predicted octanol–water partition coefficient (Wildman–Crippen LogP) is 8.12. The summed E-state index contributed by atoms with van der Waals surface area (Å²) < 4.78 is 10.4. The van der Waals surface area contributed by atoms with Crippen LogP contribution < -0.4 is 0 Å². The van der Waals surface area contributed by atoms with E-state index in [-0.39, 0.29) is 18.5 Å². The van der Waals surface area contributed by atoms with Crippen molar-refractivity contribution < 1.29 is 19.1 Å². The number of hydrogen-bond acceptors (Lipinski definition) is 4. The zero-order valence-electron chi connectivity index (χ0n) is 20.8. The van der Waals surface area contributed by atoms with Crippen molar-refractivity contribution in [2.24, 2.45) is 0 Å². The average molecular weight is 440 g/mol. The van der Waals surface area contributed by atoms with Gasteiger partial charge in [-0.2, -0.15) is 0 Å². The second kappa shape index (κ2) is 23.6. The molecule has 31 heavy (non-hydrogen) atoms. The van der Waals surface area contributed by atoms with E-state index in [1.807, 2.05) is 0 Å². The molecule has 1 atom stereocenters. The number of carbonyl (C=O) groups excluding carboxylic acids is 2. The van der Waals surface area contributed by atoms with Crippen LogP contribution in [0.5, 0.6) is 0 Å². The van der Waals surface area contributed by atoms with Crippen molar-refractivity contribution >= 4 is 11.9 Å². The second-order valence-corrected chi connectivity index (χ2v) is 8.95. The van der Waals surface area contributed by atoms with Gasteiger partial charge in [-0.3, -0.25) is 9.59 Å². The molecule has 0 fully saturated rings. The Kier molecular flexibility index (Phi) is 22.8. The van der Waals surface area contributed by atoms with E-state index in [1.165, 1.54) is 89.9 Å². The molecular weight excluding hydrogens is 388 g/mol. The van der Waals surface area contributed by atoms with Gasteiger partial charge in [0.15, 0.2) is 0 Å². The molecule has 183 valence electrons. The standard InChI is InChI=1S/C27H51O4/c1-4-6-8-10-12-14-16-18-20-22-26(28)30-24-25(3)31-27(29)23-21-19-17-15-13-11-9-7-5-2/h25H,3-24H2,1-2H3. The maximum absolute atomic E-state index is 11.9. The molecule has 0 aliphatic heterocycles. The first-order valence-electron chi connectivity index (χ1n) is 13.3. The number of esters is 2. The molecule has 4 heteroatoms. The van der Waals surface area contributed by atoms with Crippen molar-refractivity contribution in [1.82, 2.24) is 0 Å². The van der Waals surface area contributed by atoms with Gasteiger partial charge in [0.05, 0.1) is 0 Å². The number of carbonyl (C=O) groups is 2. The quantitative estimate of drug-likeness (QED) is 0.119. The normalized spacial score (nSPS) is 12.0. The number of rotatable bonds is 23. The first-order valence-corrected chi connectivity index (χ1v) is 13.3. The molecule has 0 rings (SSSR count). The largest absolute Gasteiger partial charge is 0.462 e. The van der Waals surface area contributed by atoms with Crippen LogP contribution in [0.1, 0.15) is 142 Å². The lowest BCUT2D eigenvalue weighted by Crippen LogP contribution is -2.22. The number of ether oxygens (including phenoxy) is 2. The molecule has 4 nitrogen and oxygen atoms in total. The third-order valence-electron chi connectivity index (χ3n) is 5.70. The molecule has 0 aliphatic carbocycles. The molecule has 0 bridgehead atoms. The minimum atomic E-state index is -0.613. The Hall–Kier alpha value is -1.06. The van der Waals surface area contributed by atoms with Gasteiger partial charge in [0.1, 0.15) is 12.7 Å². The number of hydrogen-bond donors (Lipinski definition) is 0. The maximum Gasteiger partial charge on any atom is 0.306 e. The van der Waals surface area contributed by atoms with Crippen LogP contribution in [0.25, 0.3) is 0 Å². The SMILES string of the molecule is [CH2]C(COC(=O)CCCCCCCCCCC)OC(=O)CCCCCCCCCCC. The molecule has 0 aromatic heterocycles. The Morgan fingerprint density at radius 1 is 0.581 bits per heavy atom. The fourth-order valence-corrected chi connectivity index (χ4v) is 3.70. The van der Waals surface area contributed by atoms with E-state index in [4.69, 9.17) is 9.47 Å². The van der Waals surface area contributed by atoms with Crippen molar-refractivity contribution in [2.75, 3.05) is 6.61 Å². The smallest absolute Gasteiger partial charge is 0.306 e. The van der Waals surface area contributed by atoms with E-state index in [0.717, 1.165) is 25.7 Å². The van der Waals surface area contributed by atoms with Gasteiger partial charge in [-0.15, -0.1) is 0 Å². The molecule has 0 aliphatic rings. The fraction of sp³-hybridized carbons (Fsp3) is 0.889. The van der Waals surface area contributed by atoms with Gasteiger partial charge in [-0.25, -0.2) is 0 Å². The van der Waals surface area contributed by atoms with E-state index < -0.39 is 6.10 Å². The molecule has 0 spiro atoms. The third-order valence-corrected chi connectivity index (χ3v) is 5.70. The van der Waals surface area contributed by atoms with Crippen LogP contribution in [0.3, 0.4) is 0 Å². The van der Waals surface area contributed by atoms with E-state index in [1.54, 1.807) is 0 Å². The Morgan fingerprint density at radius 2 is 0.935 bits per heavy atom. The summed E-state index contributed by atoms with van der Waals surface area (Å²) in [5.74, 6) is -0.454. The highest BCUT2D eigenvalue weighted by Gasteiger charge is 2.12. The summed E-state index contributed by atoms with van der Waals surface area (Å²) in [6.45, 7) is 8.30. The number of unbranched alkanes of at least 4 members (excludes halogenated alkanes) is 16. The van der Waals surface area contributed by atoms with Crippen molar-refractivity contribution in [2.45, 2.75) is 148 Å². The molecule has 0 saturated heterocycles. The van der Waals surface area contributed by atoms with Crippen LogP contribution >= 0.6 is 0 Å². The molecule has 0 aromatic carbocycles. The molecule has 0 aromatic rings. The molecule has 0 N–H and O–H groups in total. The van der Waals surface area contributed by atoms with E-state index >= 15 is 0 Å². The second-order valence-electron chi connectivity index (χ2n) is 8.95. The van der Waals surface area contributed by atoms with Crippen LogP contribution in [0.2, 0.25) is 0 Å². The zero-order chi connectivity index (χ0) is 23.0. The monoisotopic (exact) mass is 439 g/mol.